The van der Waals surface area contributed by atoms with Gasteiger partial charge in [-0.1, -0.05) is 131 Å². The average molecular weight is 558 g/mol. The Morgan fingerprint density at radius 3 is 2.00 bits per heavy atom. The topological polar surface area (TPSA) is 3.24 Å². The fourth-order valence-electron chi connectivity index (χ4n) is 5.40. The molecule has 0 saturated heterocycles. The first-order chi connectivity index (χ1) is 20.3. The largest absolute Gasteiger partial charge is 0.345 e. The number of hydrogen-bond acceptors (Lipinski definition) is 1. The van der Waals surface area contributed by atoms with Crippen molar-refractivity contribution in [1.82, 2.24) is 4.90 Å². The van der Waals surface area contributed by atoms with Gasteiger partial charge in [-0.2, -0.15) is 0 Å². The molecule has 0 N–H and O–H groups in total. The van der Waals surface area contributed by atoms with Crippen molar-refractivity contribution < 1.29 is 0 Å². The number of hydrogen-bond donors (Lipinski definition) is 0. The zero-order valence-electron chi connectivity index (χ0n) is 27.2. The zero-order valence-corrected chi connectivity index (χ0v) is 27.2. The molecule has 42 heavy (non-hydrogen) atoms. The van der Waals surface area contributed by atoms with Crippen molar-refractivity contribution in [1.29, 1.82) is 0 Å². The molecule has 3 rings (SSSR count). The summed E-state index contributed by atoms with van der Waals surface area (Å²) in [6.07, 6.45) is 18.4. The van der Waals surface area contributed by atoms with E-state index in [4.69, 9.17) is 0 Å². The van der Waals surface area contributed by atoms with Crippen LogP contribution in [0.1, 0.15) is 65.5 Å². The van der Waals surface area contributed by atoms with E-state index in [2.05, 4.69) is 139 Å². The van der Waals surface area contributed by atoms with Crippen LogP contribution in [0.15, 0.2) is 127 Å². The first-order valence-electron chi connectivity index (χ1n) is 15.2. The number of allylic oxidation sites excluding steroid dienone is 8. The molecule has 0 heterocycles. The Morgan fingerprint density at radius 2 is 1.48 bits per heavy atom. The maximum absolute atomic E-state index is 3.83. The predicted octanol–water partition coefficient (Wildman–Crippen LogP) is 10.3. The number of rotatable bonds is 10. The summed E-state index contributed by atoms with van der Waals surface area (Å²) in [5.41, 5.74) is 8.04. The molecule has 0 aromatic heterocycles. The smallest absolute Gasteiger partial charge is 0.0402 e. The van der Waals surface area contributed by atoms with Crippen LogP contribution in [-0.2, 0) is 0 Å². The molecule has 0 amide bonds. The second-order valence-corrected chi connectivity index (χ2v) is 10.4. The fraction of sp³-hybridized carbons (Fsp3) is 0.268. The van der Waals surface area contributed by atoms with Crippen molar-refractivity contribution in [3.8, 4) is 0 Å². The Morgan fingerprint density at radius 1 is 0.857 bits per heavy atom. The molecule has 0 aliphatic rings. The van der Waals surface area contributed by atoms with E-state index in [-0.39, 0.29) is 0 Å². The van der Waals surface area contributed by atoms with Gasteiger partial charge in [-0.3, -0.25) is 0 Å². The van der Waals surface area contributed by atoms with E-state index in [0.29, 0.717) is 5.92 Å². The van der Waals surface area contributed by atoms with Crippen molar-refractivity contribution in [3.63, 3.8) is 0 Å². The van der Waals surface area contributed by atoms with Crippen LogP contribution in [0.25, 0.3) is 28.5 Å². The number of aryl methyl sites for hydroxylation is 1. The van der Waals surface area contributed by atoms with Gasteiger partial charge in [0.2, 0.25) is 0 Å². The minimum atomic E-state index is 0.455. The number of likely N-dealkylation sites (N-methyl/N-ethyl adjacent to an activating group) is 1. The van der Waals surface area contributed by atoms with Gasteiger partial charge in [-0.05, 0) is 102 Å². The summed E-state index contributed by atoms with van der Waals surface area (Å²) in [4.78, 5) is 2.31. The predicted molar refractivity (Wildman–Crippen MR) is 190 cm³/mol. The van der Waals surface area contributed by atoms with Crippen molar-refractivity contribution in [3.05, 3.63) is 149 Å². The highest BCUT2D eigenvalue weighted by atomic mass is 15.1. The van der Waals surface area contributed by atoms with Gasteiger partial charge in [0.1, 0.15) is 0 Å². The maximum atomic E-state index is 3.83. The maximum Gasteiger partial charge on any atom is 0.0402 e. The molecule has 1 nitrogen and oxygen atoms in total. The van der Waals surface area contributed by atoms with Gasteiger partial charge in [0.15, 0.2) is 0 Å². The summed E-state index contributed by atoms with van der Waals surface area (Å²) in [5.74, 6) is 0.455. The van der Waals surface area contributed by atoms with Crippen LogP contribution in [0.5, 0.6) is 0 Å². The average Bonchev–Trinajstić information content (AvgIpc) is 3.01. The number of nitrogens with zero attached hydrogens (tertiary/aromatic N) is 1. The number of fused-ring (bicyclic) bond motifs is 1. The highest BCUT2D eigenvalue weighted by Crippen LogP contribution is 2.38. The van der Waals surface area contributed by atoms with Crippen LogP contribution < -0.4 is 10.4 Å². The molecule has 0 bridgehead atoms. The lowest BCUT2D eigenvalue weighted by molar-refractivity contribution is 0.514. The molecular formula is C41H51N. The Hall–Kier alpha value is -4.10. The van der Waals surface area contributed by atoms with Gasteiger partial charge in [0, 0.05) is 18.4 Å². The molecule has 0 fully saturated rings. The summed E-state index contributed by atoms with van der Waals surface area (Å²) >= 11 is 0. The molecule has 3 aromatic carbocycles. The van der Waals surface area contributed by atoms with Crippen molar-refractivity contribution in [2.75, 3.05) is 7.05 Å². The molecule has 0 saturated carbocycles. The Labute approximate surface area is 256 Å². The van der Waals surface area contributed by atoms with Crippen LogP contribution in [0.3, 0.4) is 0 Å². The van der Waals surface area contributed by atoms with Crippen LogP contribution >= 0.6 is 0 Å². The summed E-state index contributed by atoms with van der Waals surface area (Å²) in [7, 11) is 2.17. The highest BCUT2D eigenvalue weighted by Gasteiger charge is 2.22. The van der Waals surface area contributed by atoms with E-state index < -0.39 is 0 Å². The monoisotopic (exact) mass is 557 g/mol. The summed E-state index contributed by atoms with van der Waals surface area (Å²) in [5, 5.41) is 5.09. The minimum absolute atomic E-state index is 0.455. The molecule has 0 radical (unpaired) electrons. The van der Waals surface area contributed by atoms with E-state index in [0.717, 1.165) is 12.8 Å². The highest BCUT2D eigenvalue weighted by molar-refractivity contribution is 5.89. The third-order valence-corrected chi connectivity index (χ3v) is 7.80. The van der Waals surface area contributed by atoms with E-state index in [1.165, 1.54) is 54.9 Å². The molecule has 0 spiro atoms. The molecule has 220 valence electrons. The quantitative estimate of drug-likeness (QED) is 0.224. The van der Waals surface area contributed by atoms with Gasteiger partial charge in [-0.25, -0.2) is 0 Å². The van der Waals surface area contributed by atoms with E-state index >= 15 is 0 Å². The van der Waals surface area contributed by atoms with Gasteiger partial charge in [-0.15, -0.1) is 0 Å². The third kappa shape index (κ3) is 8.70. The standard InChI is InChI=1S/C30H39N.C11H12/c1-9-14-19-26(11-3)31(8)29(13-5)30(22(6)10-2)27(12-4)28-21-25-18-16-15-17-24(25)20-23(28)7;1-3-7-11-9-6-5-8-10(11)4-2/h9,11,13-22H,1,10,12H2,2-8H3;3-9H,1H2,2H3/b19-14-,26-11+,29-13+,30-27+;10-4-,11-7-. The Kier molecular flexibility index (Phi) is 14.3. The summed E-state index contributed by atoms with van der Waals surface area (Å²) < 4.78 is 0. The van der Waals surface area contributed by atoms with Crippen LogP contribution in [0, 0.1) is 12.8 Å². The SMILES string of the molecule is C=C/C=C\C(=C/C)N(C)C(=C/C)/C(=C(\CC)c1cc2ccccc2cc1C)C(C)CC.C=C/C=c1/cccc/c1=C/C. The van der Waals surface area contributed by atoms with E-state index in [1.807, 2.05) is 43.4 Å². The minimum Gasteiger partial charge on any atom is -0.345 e. The number of benzene rings is 3. The van der Waals surface area contributed by atoms with Gasteiger partial charge in [0.25, 0.3) is 0 Å². The molecule has 1 atom stereocenters. The third-order valence-electron chi connectivity index (χ3n) is 7.80. The van der Waals surface area contributed by atoms with Crippen molar-refractivity contribution >= 4 is 28.5 Å². The van der Waals surface area contributed by atoms with Crippen LogP contribution in [0.2, 0.25) is 0 Å². The lowest BCUT2D eigenvalue weighted by Crippen LogP contribution is -2.22. The molecule has 1 heteroatoms. The summed E-state index contributed by atoms with van der Waals surface area (Å²) in [6.45, 7) is 22.9. The Balaban J connectivity index is 0.000000468. The lowest BCUT2D eigenvalue weighted by Gasteiger charge is -2.31. The zero-order chi connectivity index (χ0) is 31.1. The normalized spacial score (nSPS) is 14.4. The van der Waals surface area contributed by atoms with Crippen LogP contribution in [0.4, 0.5) is 0 Å². The Bertz CT molecular complexity index is 1590. The van der Waals surface area contributed by atoms with E-state index in [9.17, 15) is 0 Å². The van der Waals surface area contributed by atoms with Gasteiger partial charge < -0.3 is 4.90 Å². The molecule has 0 aliphatic heterocycles. The second-order valence-electron chi connectivity index (χ2n) is 10.4. The fourth-order valence-corrected chi connectivity index (χ4v) is 5.40. The first kappa shape index (κ1) is 34.1. The molecule has 1 unspecified atom stereocenters. The molecule has 0 aliphatic carbocycles. The second kappa shape index (κ2) is 17.7. The van der Waals surface area contributed by atoms with Crippen molar-refractivity contribution in [2.45, 2.75) is 61.3 Å². The van der Waals surface area contributed by atoms with Gasteiger partial charge >= 0.3 is 0 Å². The molecule has 3 aromatic rings. The lowest BCUT2D eigenvalue weighted by atomic mass is 9.84. The summed E-state index contributed by atoms with van der Waals surface area (Å²) in [6, 6.07) is 21.6. The van der Waals surface area contributed by atoms with Crippen molar-refractivity contribution in [2.24, 2.45) is 5.92 Å². The van der Waals surface area contributed by atoms with E-state index in [1.54, 1.807) is 0 Å². The van der Waals surface area contributed by atoms with Crippen LogP contribution in [-0.4, -0.2) is 11.9 Å². The molecular weight excluding hydrogens is 506 g/mol. The first-order valence-corrected chi connectivity index (χ1v) is 15.2. The van der Waals surface area contributed by atoms with Gasteiger partial charge in [0.05, 0.1) is 0 Å².